The van der Waals surface area contributed by atoms with Crippen LogP contribution in [0.2, 0.25) is 5.02 Å². The number of hydrogen-bond acceptors (Lipinski definition) is 1. The molecule has 2 aromatic carbocycles. The van der Waals surface area contributed by atoms with Crippen LogP contribution in [0.15, 0.2) is 48.5 Å². The second-order valence-electron chi connectivity index (χ2n) is 5.52. The van der Waals surface area contributed by atoms with Crippen molar-refractivity contribution in [2.24, 2.45) is 0 Å². The Morgan fingerprint density at radius 3 is 2.45 bits per heavy atom. The van der Waals surface area contributed by atoms with Gasteiger partial charge in [0.1, 0.15) is 0 Å². The second kappa shape index (κ2) is 4.64. The third-order valence-electron chi connectivity index (χ3n) is 4.11. The normalized spacial score (nSPS) is 21.1. The molecule has 0 saturated heterocycles. The molecular weight excluding hydrogens is 270 g/mol. The van der Waals surface area contributed by atoms with Crippen LogP contribution in [0.4, 0.5) is 5.69 Å². The van der Waals surface area contributed by atoms with Gasteiger partial charge in [0.25, 0.3) is 0 Å². The molecule has 2 aromatic rings. The van der Waals surface area contributed by atoms with E-state index in [9.17, 15) is 4.79 Å². The lowest BCUT2D eigenvalue weighted by atomic mass is 9.78. The maximum Gasteiger partial charge on any atom is 0.237 e. The van der Waals surface area contributed by atoms with Gasteiger partial charge in [-0.05, 0) is 42.7 Å². The molecule has 1 aliphatic heterocycles. The van der Waals surface area contributed by atoms with Crippen molar-refractivity contribution >= 4 is 23.2 Å². The SMILES string of the molecule is CN1C(=O)C(C)(Cc2ccc(Cl)cc2)c2ccccc21. The summed E-state index contributed by atoms with van der Waals surface area (Å²) in [6, 6.07) is 15.7. The number of nitrogens with zero attached hydrogens (tertiary/aromatic N) is 1. The van der Waals surface area contributed by atoms with Crippen LogP contribution >= 0.6 is 11.6 Å². The average molecular weight is 286 g/mol. The predicted octanol–water partition coefficient (Wildman–Crippen LogP) is 3.82. The van der Waals surface area contributed by atoms with Gasteiger partial charge in [-0.2, -0.15) is 0 Å². The Morgan fingerprint density at radius 1 is 1.10 bits per heavy atom. The van der Waals surface area contributed by atoms with Crippen LogP contribution in [0, 0.1) is 0 Å². The van der Waals surface area contributed by atoms with Gasteiger partial charge in [-0.1, -0.05) is 41.9 Å². The average Bonchev–Trinajstić information content (AvgIpc) is 2.65. The number of hydrogen-bond donors (Lipinski definition) is 0. The van der Waals surface area contributed by atoms with E-state index in [0.29, 0.717) is 11.4 Å². The highest BCUT2D eigenvalue weighted by Gasteiger charge is 2.45. The van der Waals surface area contributed by atoms with Crippen LogP contribution in [0.25, 0.3) is 0 Å². The predicted molar refractivity (Wildman–Crippen MR) is 82.4 cm³/mol. The van der Waals surface area contributed by atoms with Crippen LogP contribution in [-0.2, 0) is 16.6 Å². The fourth-order valence-electron chi connectivity index (χ4n) is 3.01. The van der Waals surface area contributed by atoms with Crippen LogP contribution in [0.1, 0.15) is 18.1 Å². The van der Waals surface area contributed by atoms with E-state index in [0.717, 1.165) is 16.8 Å². The summed E-state index contributed by atoms with van der Waals surface area (Å²) in [4.78, 5) is 14.4. The van der Waals surface area contributed by atoms with Crippen molar-refractivity contribution < 1.29 is 4.79 Å². The van der Waals surface area contributed by atoms with Crippen molar-refractivity contribution in [1.29, 1.82) is 0 Å². The minimum absolute atomic E-state index is 0.147. The lowest BCUT2D eigenvalue weighted by Gasteiger charge is -2.23. The van der Waals surface area contributed by atoms with Crippen molar-refractivity contribution in [2.45, 2.75) is 18.8 Å². The van der Waals surface area contributed by atoms with Gasteiger partial charge in [0.15, 0.2) is 0 Å². The van der Waals surface area contributed by atoms with Gasteiger partial charge in [0.05, 0.1) is 5.41 Å². The largest absolute Gasteiger partial charge is 0.314 e. The molecule has 0 fully saturated rings. The van der Waals surface area contributed by atoms with Crippen LogP contribution < -0.4 is 4.90 Å². The summed E-state index contributed by atoms with van der Waals surface area (Å²) in [5.41, 5.74) is 2.73. The Labute approximate surface area is 124 Å². The molecule has 1 heterocycles. The summed E-state index contributed by atoms with van der Waals surface area (Å²) in [6.07, 6.45) is 0.685. The molecule has 1 aliphatic rings. The Bertz CT molecular complexity index is 665. The molecule has 0 radical (unpaired) electrons. The van der Waals surface area contributed by atoms with Gasteiger partial charge in [0, 0.05) is 17.8 Å². The summed E-state index contributed by atoms with van der Waals surface area (Å²) in [5, 5.41) is 0.717. The fraction of sp³-hybridized carbons (Fsp3) is 0.235. The number of para-hydroxylation sites is 1. The molecule has 0 N–H and O–H groups in total. The molecular formula is C17H16ClNO. The van der Waals surface area contributed by atoms with Gasteiger partial charge < -0.3 is 4.90 Å². The van der Waals surface area contributed by atoms with E-state index < -0.39 is 5.41 Å². The molecule has 3 heteroatoms. The number of rotatable bonds is 2. The number of anilines is 1. The molecule has 1 atom stereocenters. The highest BCUT2D eigenvalue weighted by atomic mass is 35.5. The van der Waals surface area contributed by atoms with E-state index in [1.165, 1.54) is 0 Å². The van der Waals surface area contributed by atoms with Crippen LogP contribution in [0.5, 0.6) is 0 Å². The van der Waals surface area contributed by atoms with E-state index in [-0.39, 0.29) is 5.91 Å². The van der Waals surface area contributed by atoms with Crippen molar-refractivity contribution in [3.8, 4) is 0 Å². The number of carbonyl (C=O) groups excluding carboxylic acids is 1. The number of carbonyl (C=O) groups is 1. The summed E-state index contributed by atoms with van der Waals surface area (Å²) >= 11 is 5.92. The van der Waals surface area contributed by atoms with Gasteiger partial charge >= 0.3 is 0 Å². The first-order valence-electron chi connectivity index (χ1n) is 6.64. The van der Waals surface area contributed by atoms with Crippen molar-refractivity contribution in [1.82, 2.24) is 0 Å². The van der Waals surface area contributed by atoms with Gasteiger partial charge in [0.2, 0.25) is 5.91 Å². The third kappa shape index (κ3) is 1.92. The van der Waals surface area contributed by atoms with E-state index >= 15 is 0 Å². The number of amides is 1. The van der Waals surface area contributed by atoms with E-state index in [4.69, 9.17) is 11.6 Å². The van der Waals surface area contributed by atoms with Gasteiger partial charge in [-0.25, -0.2) is 0 Å². The number of benzene rings is 2. The summed E-state index contributed by atoms with van der Waals surface area (Å²) in [5.74, 6) is 0.147. The summed E-state index contributed by atoms with van der Waals surface area (Å²) in [7, 11) is 1.84. The van der Waals surface area contributed by atoms with E-state index in [1.54, 1.807) is 4.90 Å². The third-order valence-corrected chi connectivity index (χ3v) is 4.36. The zero-order chi connectivity index (χ0) is 14.3. The highest BCUT2D eigenvalue weighted by Crippen LogP contribution is 2.42. The quantitative estimate of drug-likeness (QED) is 0.821. The first-order valence-corrected chi connectivity index (χ1v) is 7.02. The van der Waals surface area contributed by atoms with E-state index in [2.05, 4.69) is 0 Å². The molecule has 0 spiro atoms. The molecule has 0 saturated carbocycles. The number of likely N-dealkylation sites (N-methyl/N-ethyl adjacent to an activating group) is 1. The standard InChI is InChI=1S/C17H16ClNO/c1-17(11-12-7-9-13(18)10-8-12)14-5-3-4-6-15(14)19(2)16(17)20/h3-10H,11H2,1-2H3. The van der Waals surface area contributed by atoms with E-state index in [1.807, 2.05) is 62.5 Å². The number of halogens is 1. The Morgan fingerprint density at radius 2 is 1.75 bits per heavy atom. The minimum atomic E-state index is -0.501. The molecule has 1 amide bonds. The topological polar surface area (TPSA) is 20.3 Å². The van der Waals surface area contributed by atoms with Crippen molar-refractivity contribution in [2.75, 3.05) is 11.9 Å². The molecule has 20 heavy (non-hydrogen) atoms. The molecule has 1 unspecified atom stereocenters. The minimum Gasteiger partial charge on any atom is -0.314 e. The highest BCUT2D eigenvalue weighted by molar-refractivity contribution is 6.30. The zero-order valence-electron chi connectivity index (χ0n) is 11.6. The molecule has 2 nitrogen and oxygen atoms in total. The fourth-order valence-corrected chi connectivity index (χ4v) is 3.13. The first-order chi connectivity index (χ1) is 9.52. The van der Waals surface area contributed by atoms with Crippen molar-refractivity contribution in [3.05, 3.63) is 64.7 Å². The molecule has 0 aromatic heterocycles. The second-order valence-corrected chi connectivity index (χ2v) is 5.95. The lowest BCUT2D eigenvalue weighted by Crippen LogP contribution is -2.37. The lowest BCUT2D eigenvalue weighted by molar-refractivity contribution is -0.122. The Kier molecular flexibility index (Phi) is 3.06. The van der Waals surface area contributed by atoms with Crippen LogP contribution in [-0.4, -0.2) is 13.0 Å². The molecule has 0 bridgehead atoms. The van der Waals surface area contributed by atoms with Crippen LogP contribution in [0.3, 0.4) is 0 Å². The first kappa shape index (κ1) is 13.2. The van der Waals surface area contributed by atoms with Gasteiger partial charge in [-0.15, -0.1) is 0 Å². The summed E-state index contributed by atoms with van der Waals surface area (Å²) < 4.78 is 0. The maximum atomic E-state index is 12.7. The molecule has 0 aliphatic carbocycles. The number of fused-ring (bicyclic) bond motifs is 1. The summed E-state index contributed by atoms with van der Waals surface area (Å²) in [6.45, 7) is 2.02. The Balaban J connectivity index is 2.03. The monoisotopic (exact) mass is 285 g/mol. The Hall–Kier alpha value is -1.80. The molecule has 102 valence electrons. The smallest absolute Gasteiger partial charge is 0.237 e. The molecule has 3 rings (SSSR count). The maximum absolute atomic E-state index is 12.7. The van der Waals surface area contributed by atoms with Crippen molar-refractivity contribution in [3.63, 3.8) is 0 Å². The zero-order valence-corrected chi connectivity index (χ0v) is 12.3. The van der Waals surface area contributed by atoms with Gasteiger partial charge in [-0.3, -0.25) is 4.79 Å².